The molecule has 1 heterocycles. The number of aromatic nitrogens is 1. The number of carbonyl (C=O) groups is 1. The molecule has 0 bridgehead atoms. The van der Waals surface area contributed by atoms with Crippen LogP contribution in [0.2, 0.25) is 0 Å². The third kappa shape index (κ3) is 4.75. The normalized spacial score (nSPS) is 11.8. The van der Waals surface area contributed by atoms with E-state index in [4.69, 9.17) is 4.74 Å². The van der Waals surface area contributed by atoms with Crippen molar-refractivity contribution < 1.29 is 9.53 Å². The molecule has 0 N–H and O–H groups in total. The quantitative estimate of drug-likeness (QED) is 0.629. The van der Waals surface area contributed by atoms with Gasteiger partial charge in [0.1, 0.15) is 5.60 Å². The summed E-state index contributed by atoms with van der Waals surface area (Å²) in [6.45, 7) is 12.1. The van der Waals surface area contributed by atoms with Crippen molar-refractivity contribution in [2.45, 2.75) is 72.3 Å². The molecule has 1 aromatic heterocycles. The van der Waals surface area contributed by atoms with Gasteiger partial charge in [-0.15, -0.1) is 0 Å². The van der Waals surface area contributed by atoms with Gasteiger partial charge in [0.05, 0.1) is 0 Å². The minimum atomic E-state index is -0.509. The lowest BCUT2D eigenvalue weighted by Crippen LogP contribution is -2.29. The van der Waals surface area contributed by atoms with Gasteiger partial charge < -0.3 is 4.74 Å². The van der Waals surface area contributed by atoms with Crippen molar-refractivity contribution in [3.63, 3.8) is 0 Å². The van der Waals surface area contributed by atoms with Crippen LogP contribution in [-0.2, 0) is 11.2 Å². The van der Waals surface area contributed by atoms with Crippen LogP contribution in [0.4, 0.5) is 4.79 Å². The van der Waals surface area contributed by atoms with E-state index < -0.39 is 5.60 Å². The lowest BCUT2D eigenvalue weighted by Gasteiger charge is -2.22. The number of nitrogens with zero attached hydrogens (tertiary/aromatic N) is 1. The Labute approximate surface area is 152 Å². The van der Waals surface area contributed by atoms with Crippen molar-refractivity contribution in [1.82, 2.24) is 4.57 Å². The molecule has 1 aromatic carbocycles. The van der Waals surface area contributed by atoms with E-state index in [1.54, 1.807) is 0 Å². The fourth-order valence-electron chi connectivity index (χ4n) is 2.98. The van der Waals surface area contributed by atoms with Crippen LogP contribution >= 0.6 is 0 Å². The number of carbonyl (C=O) groups excluding carboxylic acids is 1. The summed E-state index contributed by atoms with van der Waals surface area (Å²) in [7, 11) is 0. The van der Waals surface area contributed by atoms with E-state index in [-0.39, 0.29) is 12.0 Å². The first kappa shape index (κ1) is 19.3. The molecule has 0 aliphatic rings. The lowest BCUT2D eigenvalue weighted by atomic mass is 10.0. The molecule has 3 nitrogen and oxygen atoms in total. The molecule has 2 aromatic rings. The molecule has 0 saturated carbocycles. The van der Waals surface area contributed by atoms with Crippen LogP contribution in [0, 0.1) is 0 Å². The molecule has 0 aliphatic carbocycles. The molecule has 0 unspecified atom stereocenters. The number of hydrogen-bond acceptors (Lipinski definition) is 2. The largest absolute Gasteiger partial charge is 0.443 e. The van der Waals surface area contributed by atoms with Crippen LogP contribution in [0.25, 0.3) is 11.1 Å². The summed E-state index contributed by atoms with van der Waals surface area (Å²) in [6, 6.07) is 12.5. The van der Waals surface area contributed by atoms with Crippen LogP contribution in [0.15, 0.2) is 36.4 Å². The van der Waals surface area contributed by atoms with Crippen LogP contribution in [-0.4, -0.2) is 16.3 Å². The van der Waals surface area contributed by atoms with Crippen molar-refractivity contribution in [1.29, 1.82) is 0 Å². The zero-order valence-corrected chi connectivity index (χ0v) is 16.4. The lowest BCUT2D eigenvalue weighted by molar-refractivity contribution is 0.0527. The summed E-state index contributed by atoms with van der Waals surface area (Å²) >= 11 is 0. The van der Waals surface area contributed by atoms with Crippen LogP contribution in [0.5, 0.6) is 0 Å². The highest BCUT2D eigenvalue weighted by atomic mass is 16.6. The molecule has 0 spiro atoms. The second-order valence-corrected chi connectivity index (χ2v) is 7.87. The Hall–Kier alpha value is -2.03. The predicted molar refractivity (Wildman–Crippen MR) is 104 cm³/mol. The first-order valence-electron chi connectivity index (χ1n) is 9.28. The topological polar surface area (TPSA) is 31.2 Å². The van der Waals surface area contributed by atoms with E-state index in [1.807, 2.05) is 43.5 Å². The summed E-state index contributed by atoms with van der Waals surface area (Å²) in [5, 5.41) is 0. The number of ether oxygens (including phenoxy) is 1. The fourth-order valence-corrected chi connectivity index (χ4v) is 2.98. The number of benzene rings is 1. The maximum Gasteiger partial charge on any atom is 0.418 e. The molecule has 2 rings (SSSR count). The molecule has 0 atom stereocenters. The minimum Gasteiger partial charge on any atom is -0.443 e. The van der Waals surface area contributed by atoms with E-state index in [0.29, 0.717) is 0 Å². The van der Waals surface area contributed by atoms with Gasteiger partial charge in [-0.25, -0.2) is 4.79 Å². The maximum absolute atomic E-state index is 13.0. The van der Waals surface area contributed by atoms with Gasteiger partial charge in [-0.1, -0.05) is 57.5 Å². The Kier molecular flexibility index (Phi) is 6.10. The highest BCUT2D eigenvalue weighted by Gasteiger charge is 2.26. The molecule has 25 heavy (non-hydrogen) atoms. The predicted octanol–water partition coefficient (Wildman–Crippen LogP) is 6.40. The summed E-state index contributed by atoms with van der Waals surface area (Å²) in [5.41, 5.74) is 3.86. The highest BCUT2D eigenvalue weighted by Crippen LogP contribution is 2.32. The average molecular weight is 341 g/mol. The van der Waals surface area contributed by atoms with E-state index in [1.165, 1.54) is 0 Å². The molecular formula is C22H31NO2. The number of hydrogen-bond donors (Lipinski definition) is 0. The second-order valence-electron chi connectivity index (χ2n) is 7.87. The van der Waals surface area contributed by atoms with Crippen molar-refractivity contribution in [3.8, 4) is 11.1 Å². The van der Waals surface area contributed by atoms with Gasteiger partial charge in [0.25, 0.3) is 0 Å². The SMILES string of the molecule is CCCCc1c(-c2ccccc2)cc(C(C)C)n1C(=O)OC(C)(C)C. The van der Waals surface area contributed by atoms with Crippen LogP contribution in [0.3, 0.4) is 0 Å². The molecule has 3 heteroatoms. The summed E-state index contributed by atoms with van der Waals surface area (Å²) in [6.07, 6.45) is 2.73. The van der Waals surface area contributed by atoms with Gasteiger partial charge in [-0.3, -0.25) is 4.57 Å². The zero-order valence-electron chi connectivity index (χ0n) is 16.4. The zero-order chi connectivity index (χ0) is 18.6. The van der Waals surface area contributed by atoms with E-state index in [0.717, 1.165) is 41.8 Å². The maximum atomic E-state index is 13.0. The third-order valence-corrected chi connectivity index (χ3v) is 4.15. The van der Waals surface area contributed by atoms with E-state index in [2.05, 4.69) is 39.0 Å². The monoisotopic (exact) mass is 341 g/mol. The molecule has 0 fully saturated rings. The van der Waals surface area contributed by atoms with Gasteiger partial charge in [0, 0.05) is 17.0 Å². The third-order valence-electron chi connectivity index (χ3n) is 4.15. The van der Waals surface area contributed by atoms with Gasteiger partial charge in [-0.05, 0) is 51.2 Å². The standard InChI is InChI=1S/C22H31NO2/c1-7-8-14-19-18(17-12-10-9-11-13-17)15-20(16(2)3)23(19)21(24)25-22(4,5)6/h9-13,15-16H,7-8,14H2,1-6H3. The molecule has 0 amide bonds. The van der Waals surface area contributed by atoms with Gasteiger partial charge in [0.2, 0.25) is 0 Å². The fraction of sp³-hybridized carbons (Fsp3) is 0.500. The van der Waals surface area contributed by atoms with Gasteiger partial charge in [0.15, 0.2) is 0 Å². The van der Waals surface area contributed by atoms with Crippen molar-refractivity contribution in [2.24, 2.45) is 0 Å². The summed E-state index contributed by atoms with van der Waals surface area (Å²) in [5.74, 6) is 0.241. The van der Waals surface area contributed by atoms with Gasteiger partial charge in [-0.2, -0.15) is 0 Å². The number of rotatable bonds is 5. The highest BCUT2D eigenvalue weighted by molar-refractivity contribution is 5.79. The molecule has 136 valence electrons. The minimum absolute atomic E-state index is 0.241. The molecule has 0 saturated heterocycles. The molecular weight excluding hydrogens is 310 g/mol. The van der Waals surface area contributed by atoms with Gasteiger partial charge >= 0.3 is 6.09 Å². The molecule has 0 radical (unpaired) electrons. The Morgan fingerprint density at radius 2 is 1.80 bits per heavy atom. The Morgan fingerprint density at radius 3 is 2.32 bits per heavy atom. The first-order chi connectivity index (χ1) is 11.7. The summed E-state index contributed by atoms with van der Waals surface area (Å²) in [4.78, 5) is 13.0. The number of unbranched alkanes of at least 4 members (excludes halogenated alkanes) is 1. The Bertz CT molecular complexity index is 706. The smallest absolute Gasteiger partial charge is 0.418 e. The van der Waals surface area contributed by atoms with Crippen LogP contribution < -0.4 is 0 Å². The first-order valence-corrected chi connectivity index (χ1v) is 9.28. The second kappa shape index (κ2) is 7.90. The van der Waals surface area contributed by atoms with E-state index in [9.17, 15) is 4.79 Å². The Morgan fingerprint density at radius 1 is 1.16 bits per heavy atom. The average Bonchev–Trinajstić information content (AvgIpc) is 2.92. The summed E-state index contributed by atoms with van der Waals surface area (Å²) < 4.78 is 7.52. The van der Waals surface area contributed by atoms with Crippen molar-refractivity contribution in [2.75, 3.05) is 0 Å². The van der Waals surface area contributed by atoms with Crippen LogP contribution in [0.1, 0.15) is 71.7 Å². The van der Waals surface area contributed by atoms with Crippen molar-refractivity contribution >= 4 is 6.09 Å². The molecule has 0 aliphatic heterocycles. The van der Waals surface area contributed by atoms with Crippen molar-refractivity contribution in [3.05, 3.63) is 47.8 Å². The van der Waals surface area contributed by atoms with E-state index >= 15 is 0 Å². The Balaban J connectivity index is 2.61.